The molecule has 0 saturated heterocycles. The molecule has 1 aliphatic rings. The molecule has 0 heterocycles. The second-order valence-corrected chi connectivity index (χ2v) is 15.5. The number of hydrogen-bond acceptors (Lipinski definition) is 7. The fourth-order valence-electron chi connectivity index (χ4n) is 7.03. The van der Waals surface area contributed by atoms with Crippen molar-refractivity contribution in [3.8, 4) is 0 Å². The molecule has 4 aromatic rings. The quantitative estimate of drug-likeness (QED) is 0.122. The standard InChI is InChI=1S/C42H48N4O8S.2K.2H/c1-4-45(5-2)35-24-25-38(37(27-35)40(48)43-33-20-14-29(15-21-33)11-10-28-12-16-30(17-13-28)41(49)50)44-39(47)32-8-7-9-36(26-32)55(53,54)46(6-3)34-22-18-31(19-23-34)42(51)52;;;;/h7-9,12-17,20-21,24-27,31,34H,4-6,10-11,18-19,22-23H2,1-3H3,(H,43,48)(H,44,47)(H,49,50)(H,51,52);;;;/q;2*+1;2*-1. The first kappa shape index (κ1) is 49.1. The van der Waals surface area contributed by atoms with Crippen molar-refractivity contribution in [2.75, 3.05) is 35.2 Å². The molecule has 1 fully saturated rings. The summed E-state index contributed by atoms with van der Waals surface area (Å²) in [6.45, 7) is 7.36. The molecule has 0 aliphatic heterocycles. The van der Waals surface area contributed by atoms with E-state index in [-0.39, 0.29) is 145 Å². The van der Waals surface area contributed by atoms with Gasteiger partial charge in [-0.3, -0.25) is 14.4 Å². The van der Waals surface area contributed by atoms with Crippen LogP contribution in [0.3, 0.4) is 0 Å². The average molecular weight is 849 g/mol. The van der Waals surface area contributed by atoms with Crippen LogP contribution in [0.15, 0.2) is 95.9 Å². The molecule has 0 bridgehead atoms. The number of nitrogens with one attached hydrogen (secondary N) is 2. The maximum Gasteiger partial charge on any atom is 1.00 e. The van der Waals surface area contributed by atoms with Gasteiger partial charge >= 0.3 is 115 Å². The first-order valence-corrected chi connectivity index (χ1v) is 20.1. The van der Waals surface area contributed by atoms with Gasteiger partial charge in [-0.25, -0.2) is 13.2 Å². The summed E-state index contributed by atoms with van der Waals surface area (Å²) >= 11 is 0. The number of rotatable bonds is 16. The Bertz CT molecular complexity index is 2130. The fourth-order valence-corrected chi connectivity index (χ4v) is 8.77. The molecule has 2 amide bonds. The minimum absolute atomic E-state index is 0. The fraction of sp³-hybridized carbons (Fsp3) is 0.333. The summed E-state index contributed by atoms with van der Waals surface area (Å²) in [7, 11) is -4.00. The van der Waals surface area contributed by atoms with E-state index in [0.717, 1.165) is 23.2 Å². The summed E-state index contributed by atoms with van der Waals surface area (Å²) in [5.41, 5.74) is 4.21. The Balaban J connectivity index is 0.00000435. The molecule has 0 unspecified atom stereocenters. The Hall–Kier alpha value is -2.26. The van der Waals surface area contributed by atoms with Crippen molar-refractivity contribution in [3.63, 3.8) is 0 Å². The zero-order chi connectivity index (χ0) is 39.7. The van der Waals surface area contributed by atoms with Gasteiger partial charge in [-0.2, -0.15) is 4.31 Å². The van der Waals surface area contributed by atoms with Crippen LogP contribution in [0.5, 0.6) is 0 Å². The Morgan fingerprint density at radius 1 is 0.702 bits per heavy atom. The molecule has 5 rings (SSSR count). The van der Waals surface area contributed by atoms with E-state index in [1.165, 1.54) is 28.6 Å². The molecule has 12 nitrogen and oxygen atoms in total. The SMILES string of the molecule is CCN(CC)c1ccc(NC(=O)c2cccc(S(=O)(=O)N(CC)C3CCC(C(=O)O)CC3)c2)c(C(=O)Nc2ccc(CCc3ccc(C(=O)O)cc3)cc2)c1.[H-].[H-].[K+].[K+]. The van der Waals surface area contributed by atoms with Crippen molar-refractivity contribution in [1.82, 2.24) is 4.31 Å². The monoisotopic (exact) mass is 848 g/mol. The van der Waals surface area contributed by atoms with Gasteiger partial charge in [0.2, 0.25) is 10.0 Å². The Labute approximate surface area is 423 Å². The van der Waals surface area contributed by atoms with Gasteiger partial charge in [0, 0.05) is 42.6 Å². The predicted molar refractivity (Wildman–Crippen MR) is 215 cm³/mol. The smallest absolute Gasteiger partial charge is 1.00 e. The molecule has 0 aromatic heterocycles. The second-order valence-electron chi connectivity index (χ2n) is 13.6. The number of carbonyl (C=O) groups is 4. The number of carboxylic acids is 2. The largest absolute Gasteiger partial charge is 1.00 e. The summed E-state index contributed by atoms with van der Waals surface area (Å²) in [6.07, 6.45) is 3.11. The molecule has 1 aliphatic carbocycles. The van der Waals surface area contributed by atoms with Gasteiger partial charge in [0.15, 0.2) is 0 Å². The van der Waals surface area contributed by atoms with E-state index in [2.05, 4.69) is 15.5 Å². The summed E-state index contributed by atoms with van der Waals surface area (Å²) in [5, 5.41) is 24.3. The molecule has 15 heteroatoms. The van der Waals surface area contributed by atoms with Crippen molar-refractivity contribution in [1.29, 1.82) is 0 Å². The number of aromatic carboxylic acids is 1. The number of hydrogen-bond donors (Lipinski definition) is 4. The third kappa shape index (κ3) is 12.9. The van der Waals surface area contributed by atoms with Gasteiger partial charge < -0.3 is 28.6 Å². The molecule has 0 spiro atoms. The molecular formula is C42H50K2N4O8S. The molecule has 294 valence electrons. The van der Waals surface area contributed by atoms with Crippen LogP contribution < -0.4 is 118 Å². The zero-order valence-corrected chi connectivity index (χ0v) is 40.4. The minimum Gasteiger partial charge on any atom is -1.00 e. The van der Waals surface area contributed by atoms with E-state index in [4.69, 9.17) is 5.11 Å². The number of aryl methyl sites for hydroxylation is 2. The number of aliphatic carboxylic acids is 1. The third-order valence-corrected chi connectivity index (χ3v) is 12.2. The van der Waals surface area contributed by atoms with Gasteiger partial charge in [-0.15, -0.1) is 0 Å². The minimum atomic E-state index is -4.00. The molecule has 4 aromatic carbocycles. The Kier molecular flexibility index (Phi) is 19.8. The number of amides is 2. The number of sulfonamides is 1. The van der Waals surface area contributed by atoms with E-state index in [1.807, 2.05) is 32.0 Å². The third-order valence-electron chi connectivity index (χ3n) is 10.2. The predicted octanol–water partition coefficient (Wildman–Crippen LogP) is 1.41. The summed E-state index contributed by atoms with van der Waals surface area (Å²) in [6, 6.07) is 24.9. The molecule has 1 saturated carbocycles. The van der Waals surface area contributed by atoms with Crippen LogP contribution in [0.25, 0.3) is 0 Å². The summed E-state index contributed by atoms with van der Waals surface area (Å²) in [4.78, 5) is 52.2. The summed E-state index contributed by atoms with van der Waals surface area (Å²) in [5.74, 6) is -3.34. The van der Waals surface area contributed by atoms with Gasteiger partial charge in [0.05, 0.1) is 27.6 Å². The van der Waals surface area contributed by atoms with Crippen molar-refractivity contribution in [2.24, 2.45) is 5.92 Å². The molecular weight excluding hydrogens is 799 g/mol. The normalized spacial score (nSPS) is 15.1. The van der Waals surface area contributed by atoms with Crippen LogP contribution in [0.1, 0.15) is 91.5 Å². The number of anilines is 3. The zero-order valence-electron chi connectivity index (χ0n) is 35.3. The molecule has 0 radical (unpaired) electrons. The van der Waals surface area contributed by atoms with Crippen molar-refractivity contribution >= 4 is 50.8 Å². The van der Waals surface area contributed by atoms with Gasteiger partial charge in [0.25, 0.3) is 11.8 Å². The van der Waals surface area contributed by atoms with E-state index in [0.29, 0.717) is 50.9 Å². The first-order valence-electron chi connectivity index (χ1n) is 18.6. The first-order chi connectivity index (χ1) is 26.3. The number of nitrogens with zero attached hydrogens (tertiary/aromatic N) is 2. The van der Waals surface area contributed by atoms with Gasteiger partial charge in [-0.1, -0.05) is 37.3 Å². The number of carbonyl (C=O) groups excluding carboxylic acids is 2. The topological polar surface area (TPSA) is 173 Å². The maximum atomic E-state index is 13.8. The van der Waals surface area contributed by atoms with Gasteiger partial charge in [0.1, 0.15) is 0 Å². The number of carboxylic acid groups (broad SMARTS) is 2. The Morgan fingerprint density at radius 3 is 1.84 bits per heavy atom. The molecule has 57 heavy (non-hydrogen) atoms. The number of benzene rings is 4. The van der Waals surface area contributed by atoms with E-state index in [9.17, 15) is 32.7 Å². The van der Waals surface area contributed by atoms with Crippen molar-refractivity contribution < 1.29 is 143 Å². The average Bonchev–Trinajstić information content (AvgIpc) is 3.19. The maximum absolute atomic E-state index is 13.8. The van der Waals surface area contributed by atoms with Crippen LogP contribution in [0.2, 0.25) is 0 Å². The van der Waals surface area contributed by atoms with E-state index >= 15 is 0 Å². The Morgan fingerprint density at radius 2 is 1.30 bits per heavy atom. The second kappa shape index (κ2) is 22.9. The van der Waals surface area contributed by atoms with Crippen LogP contribution in [-0.2, 0) is 27.7 Å². The van der Waals surface area contributed by atoms with Gasteiger partial charge in [-0.05, 0) is 124 Å². The van der Waals surface area contributed by atoms with Crippen LogP contribution in [0.4, 0.5) is 17.1 Å². The van der Waals surface area contributed by atoms with E-state index < -0.39 is 39.7 Å². The molecule has 0 atom stereocenters. The molecule has 4 N–H and O–H groups in total. The van der Waals surface area contributed by atoms with Crippen LogP contribution in [0, 0.1) is 5.92 Å². The van der Waals surface area contributed by atoms with Crippen LogP contribution in [-0.4, -0.2) is 72.4 Å². The van der Waals surface area contributed by atoms with E-state index in [1.54, 1.807) is 55.5 Å². The summed E-state index contributed by atoms with van der Waals surface area (Å²) < 4.78 is 29.1. The van der Waals surface area contributed by atoms with Crippen LogP contribution >= 0.6 is 0 Å². The van der Waals surface area contributed by atoms with Crippen molar-refractivity contribution in [2.45, 2.75) is 70.2 Å². The van der Waals surface area contributed by atoms with Crippen molar-refractivity contribution in [3.05, 3.63) is 119 Å².